The number of hydrogen-bond donors (Lipinski definition) is 0. The number of nitrogens with zero attached hydrogens (tertiary/aromatic N) is 1. The van der Waals surface area contributed by atoms with Gasteiger partial charge in [0.05, 0.1) is 5.92 Å². The van der Waals surface area contributed by atoms with Crippen LogP contribution in [0.3, 0.4) is 0 Å². The molecule has 1 rings (SSSR count). The van der Waals surface area contributed by atoms with Crippen molar-refractivity contribution in [3.8, 4) is 0 Å². The van der Waals surface area contributed by atoms with E-state index in [-0.39, 0.29) is 30.4 Å². The van der Waals surface area contributed by atoms with Crippen LogP contribution in [0.25, 0.3) is 0 Å². The molecule has 2 amide bonds. The van der Waals surface area contributed by atoms with E-state index in [4.69, 9.17) is 0 Å². The zero-order chi connectivity index (χ0) is 19.9. The Morgan fingerprint density at radius 3 is 1.70 bits per heavy atom. The van der Waals surface area contributed by atoms with Crippen molar-refractivity contribution in [3.63, 3.8) is 0 Å². The largest absolute Gasteiger partial charge is 0.300 e. The minimum atomic E-state index is -0.401. The molecule has 1 aliphatic heterocycles. The highest BCUT2D eigenvalue weighted by atomic mass is 16.2. The van der Waals surface area contributed by atoms with E-state index in [2.05, 4.69) is 6.92 Å². The number of ketones is 1. The number of unbranched alkanes of at least 4 members (excludes halogenated alkanes) is 13. The van der Waals surface area contributed by atoms with Gasteiger partial charge >= 0.3 is 0 Å². The maximum atomic E-state index is 12.2. The van der Waals surface area contributed by atoms with Crippen molar-refractivity contribution < 1.29 is 14.4 Å². The molecule has 1 fully saturated rings. The van der Waals surface area contributed by atoms with Crippen LogP contribution in [0.5, 0.6) is 0 Å². The summed E-state index contributed by atoms with van der Waals surface area (Å²) < 4.78 is 0. The Morgan fingerprint density at radius 2 is 1.26 bits per heavy atom. The molecule has 0 N–H and O–H groups in total. The van der Waals surface area contributed by atoms with E-state index in [1.165, 1.54) is 88.9 Å². The maximum Gasteiger partial charge on any atom is 0.233 e. The average molecular weight is 380 g/mol. The van der Waals surface area contributed by atoms with Gasteiger partial charge in [-0.3, -0.25) is 14.5 Å². The molecule has 27 heavy (non-hydrogen) atoms. The van der Waals surface area contributed by atoms with Crippen LogP contribution in [-0.2, 0) is 14.4 Å². The summed E-state index contributed by atoms with van der Waals surface area (Å²) in [6.45, 7) is 4.27. The number of likely N-dealkylation sites (tertiary alicyclic amines) is 1. The molecule has 1 atom stereocenters. The Hall–Kier alpha value is -1.19. The maximum absolute atomic E-state index is 12.2. The van der Waals surface area contributed by atoms with Gasteiger partial charge in [-0.05, 0) is 13.3 Å². The molecule has 1 unspecified atom stereocenters. The first-order valence-corrected chi connectivity index (χ1v) is 11.4. The standard InChI is InChI=1S/C23H41NO3/c1-3-4-5-6-7-8-9-10-11-12-13-14-15-16-17-24-22(26)19-21(23(24)27)18-20(2)25/h21H,3-19H2,1-2H3. The van der Waals surface area contributed by atoms with E-state index in [9.17, 15) is 14.4 Å². The van der Waals surface area contributed by atoms with Crippen LogP contribution in [0, 0.1) is 5.92 Å². The van der Waals surface area contributed by atoms with Gasteiger partial charge in [-0.2, -0.15) is 0 Å². The Labute approximate surface area is 166 Å². The van der Waals surface area contributed by atoms with Gasteiger partial charge in [0.15, 0.2) is 0 Å². The summed E-state index contributed by atoms with van der Waals surface area (Å²) >= 11 is 0. The van der Waals surface area contributed by atoms with Crippen molar-refractivity contribution >= 4 is 17.6 Å². The smallest absolute Gasteiger partial charge is 0.233 e. The minimum Gasteiger partial charge on any atom is -0.300 e. The zero-order valence-corrected chi connectivity index (χ0v) is 17.8. The van der Waals surface area contributed by atoms with Gasteiger partial charge in [0.1, 0.15) is 5.78 Å². The molecule has 0 aromatic carbocycles. The average Bonchev–Trinajstić information content (AvgIpc) is 2.88. The summed E-state index contributed by atoms with van der Waals surface area (Å²) in [5.74, 6) is -0.646. The molecule has 0 aromatic rings. The molecule has 0 saturated carbocycles. The molecule has 0 aromatic heterocycles. The van der Waals surface area contributed by atoms with Gasteiger partial charge in [-0.1, -0.05) is 90.4 Å². The van der Waals surface area contributed by atoms with E-state index in [0.717, 1.165) is 12.8 Å². The summed E-state index contributed by atoms with van der Waals surface area (Å²) in [7, 11) is 0. The van der Waals surface area contributed by atoms with Crippen LogP contribution in [0.15, 0.2) is 0 Å². The third kappa shape index (κ3) is 10.7. The molecule has 1 aliphatic rings. The molecule has 0 bridgehead atoms. The van der Waals surface area contributed by atoms with Crippen molar-refractivity contribution in [2.45, 2.75) is 117 Å². The predicted octanol–water partition coefficient (Wildman–Crippen LogP) is 5.82. The Balaban J connectivity index is 1.92. The van der Waals surface area contributed by atoms with Crippen molar-refractivity contribution in [1.29, 1.82) is 0 Å². The molecule has 156 valence electrons. The first kappa shape index (κ1) is 23.8. The third-order valence-electron chi connectivity index (χ3n) is 5.61. The van der Waals surface area contributed by atoms with E-state index in [1.54, 1.807) is 0 Å². The molecule has 1 saturated heterocycles. The highest BCUT2D eigenvalue weighted by Crippen LogP contribution is 2.23. The second-order valence-electron chi connectivity index (χ2n) is 8.29. The molecule has 4 heteroatoms. The van der Waals surface area contributed by atoms with Crippen molar-refractivity contribution in [3.05, 3.63) is 0 Å². The first-order chi connectivity index (χ1) is 13.1. The number of carbonyl (C=O) groups is 3. The number of amides is 2. The van der Waals surface area contributed by atoms with Crippen LogP contribution < -0.4 is 0 Å². The monoisotopic (exact) mass is 379 g/mol. The second-order valence-corrected chi connectivity index (χ2v) is 8.29. The van der Waals surface area contributed by atoms with Gasteiger partial charge in [0.25, 0.3) is 0 Å². The lowest BCUT2D eigenvalue weighted by atomic mass is 10.0. The molecular formula is C23H41NO3. The summed E-state index contributed by atoms with van der Waals surface area (Å²) in [6, 6.07) is 0. The second kappa shape index (κ2) is 14.8. The SMILES string of the molecule is CCCCCCCCCCCCCCCCN1C(=O)CC(CC(C)=O)C1=O. The van der Waals surface area contributed by atoms with Gasteiger partial charge in [0.2, 0.25) is 11.8 Å². The fraction of sp³-hybridized carbons (Fsp3) is 0.870. The summed E-state index contributed by atoms with van der Waals surface area (Å²) in [5, 5.41) is 0. The Bertz CT molecular complexity index is 447. The van der Waals surface area contributed by atoms with E-state index < -0.39 is 5.92 Å². The molecule has 1 heterocycles. The topological polar surface area (TPSA) is 54.5 Å². The number of carbonyl (C=O) groups excluding carboxylic acids is 3. The normalized spacial score (nSPS) is 17.1. The van der Waals surface area contributed by atoms with E-state index in [0.29, 0.717) is 6.54 Å². The number of imide groups is 1. The molecule has 4 nitrogen and oxygen atoms in total. The molecule has 0 spiro atoms. The summed E-state index contributed by atoms with van der Waals surface area (Å²) in [4.78, 5) is 36.7. The van der Waals surface area contributed by atoms with Crippen LogP contribution in [-0.4, -0.2) is 29.0 Å². The van der Waals surface area contributed by atoms with Crippen LogP contribution in [0.1, 0.15) is 117 Å². The quantitative estimate of drug-likeness (QED) is 0.236. The molecule has 0 aliphatic carbocycles. The minimum absolute atomic E-state index is 0.0144. The predicted molar refractivity (Wildman–Crippen MR) is 110 cm³/mol. The van der Waals surface area contributed by atoms with Crippen LogP contribution >= 0.6 is 0 Å². The Morgan fingerprint density at radius 1 is 0.815 bits per heavy atom. The van der Waals surface area contributed by atoms with Crippen LogP contribution in [0.4, 0.5) is 0 Å². The molecular weight excluding hydrogens is 338 g/mol. The number of hydrogen-bond acceptors (Lipinski definition) is 3. The Kier molecular flexibility index (Phi) is 13.1. The van der Waals surface area contributed by atoms with Crippen molar-refractivity contribution in [2.75, 3.05) is 6.54 Å². The lowest BCUT2D eigenvalue weighted by Gasteiger charge is -2.14. The fourth-order valence-corrected chi connectivity index (χ4v) is 3.96. The summed E-state index contributed by atoms with van der Waals surface area (Å²) in [6.07, 6.45) is 18.5. The zero-order valence-electron chi connectivity index (χ0n) is 17.8. The summed E-state index contributed by atoms with van der Waals surface area (Å²) in [5.41, 5.74) is 0. The van der Waals surface area contributed by atoms with E-state index >= 15 is 0 Å². The lowest BCUT2D eigenvalue weighted by molar-refractivity contribution is -0.140. The fourth-order valence-electron chi connectivity index (χ4n) is 3.96. The van der Waals surface area contributed by atoms with Crippen LogP contribution in [0.2, 0.25) is 0 Å². The number of rotatable bonds is 17. The highest BCUT2D eigenvalue weighted by Gasteiger charge is 2.38. The highest BCUT2D eigenvalue weighted by molar-refractivity contribution is 6.04. The van der Waals surface area contributed by atoms with Gasteiger partial charge in [-0.25, -0.2) is 0 Å². The van der Waals surface area contributed by atoms with Crippen molar-refractivity contribution in [1.82, 2.24) is 4.90 Å². The van der Waals surface area contributed by atoms with E-state index in [1.807, 2.05) is 0 Å². The van der Waals surface area contributed by atoms with Gasteiger partial charge in [-0.15, -0.1) is 0 Å². The van der Waals surface area contributed by atoms with Crippen molar-refractivity contribution in [2.24, 2.45) is 5.92 Å². The first-order valence-electron chi connectivity index (χ1n) is 11.4. The van der Waals surface area contributed by atoms with Gasteiger partial charge in [0, 0.05) is 19.4 Å². The lowest BCUT2D eigenvalue weighted by Crippen LogP contribution is -2.31. The van der Waals surface area contributed by atoms with Gasteiger partial charge < -0.3 is 4.79 Å². The third-order valence-corrected chi connectivity index (χ3v) is 5.61. The molecule has 0 radical (unpaired) electrons. The number of Topliss-reactive ketones (excluding diaryl/α,β-unsaturated/α-hetero) is 1.